The number of rotatable bonds is 10. The number of thiazole rings is 1. The van der Waals surface area contributed by atoms with Gasteiger partial charge in [-0.05, 0) is 50.2 Å². The minimum absolute atomic E-state index is 0.0427. The Hall–Kier alpha value is -2.64. The van der Waals surface area contributed by atoms with Crippen LogP contribution in [0.3, 0.4) is 0 Å². The summed E-state index contributed by atoms with van der Waals surface area (Å²) in [7, 11) is 3.27. The SMILES string of the molecule is CCN(CC)CCN(C(=O)Cc1ccc(C)cc1C)c1nc2c(OC)ccc(OC)c2s1. The molecule has 2 aromatic carbocycles. The van der Waals surface area contributed by atoms with E-state index in [4.69, 9.17) is 14.5 Å². The van der Waals surface area contributed by atoms with Gasteiger partial charge in [0.05, 0.1) is 20.6 Å². The van der Waals surface area contributed by atoms with E-state index >= 15 is 0 Å². The van der Waals surface area contributed by atoms with Gasteiger partial charge in [-0.1, -0.05) is 48.9 Å². The summed E-state index contributed by atoms with van der Waals surface area (Å²) in [6, 6.07) is 9.96. The van der Waals surface area contributed by atoms with Crippen LogP contribution in [0.4, 0.5) is 5.13 Å². The van der Waals surface area contributed by atoms with Gasteiger partial charge in [-0.2, -0.15) is 0 Å². The van der Waals surface area contributed by atoms with Crippen LogP contribution < -0.4 is 14.4 Å². The molecule has 32 heavy (non-hydrogen) atoms. The maximum Gasteiger partial charge on any atom is 0.233 e. The smallest absolute Gasteiger partial charge is 0.233 e. The van der Waals surface area contributed by atoms with Crippen molar-refractivity contribution < 1.29 is 14.3 Å². The third kappa shape index (κ3) is 5.22. The standard InChI is InChI=1S/C25H33N3O3S/c1-7-27(8-2)13-14-28(22(29)16-19-10-9-17(3)15-18(19)4)25-26-23-20(30-5)11-12-21(31-6)24(23)32-25/h9-12,15H,7-8,13-14,16H2,1-6H3. The lowest BCUT2D eigenvalue weighted by Crippen LogP contribution is -2.39. The fourth-order valence-corrected chi connectivity index (χ4v) is 4.92. The first-order valence-electron chi connectivity index (χ1n) is 11.0. The van der Waals surface area contributed by atoms with Crippen LogP contribution >= 0.6 is 11.3 Å². The van der Waals surface area contributed by atoms with Gasteiger partial charge in [0.25, 0.3) is 0 Å². The zero-order chi connectivity index (χ0) is 23.3. The molecule has 0 aliphatic carbocycles. The van der Waals surface area contributed by atoms with E-state index in [9.17, 15) is 4.79 Å². The summed E-state index contributed by atoms with van der Waals surface area (Å²) in [5.41, 5.74) is 4.10. The maximum atomic E-state index is 13.5. The number of nitrogens with zero attached hydrogens (tertiary/aromatic N) is 3. The Kier molecular flexibility index (Phi) is 8.10. The lowest BCUT2D eigenvalue weighted by Gasteiger charge is -2.25. The molecule has 0 N–H and O–H groups in total. The van der Waals surface area contributed by atoms with E-state index in [1.54, 1.807) is 14.2 Å². The first-order chi connectivity index (χ1) is 15.4. The molecule has 0 saturated carbocycles. The van der Waals surface area contributed by atoms with Crippen LogP contribution in [-0.4, -0.2) is 56.2 Å². The molecule has 1 heterocycles. The summed E-state index contributed by atoms with van der Waals surface area (Å²) in [5.74, 6) is 1.45. The maximum absolute atomic E-state index is 13.5. The summed E-state index contributed by atoms with van der Waals surface area (Å²) >= 11 is 1.47. The van der Waals surface area contributed by atoms with Crippen molar-refractivity contribution in [3.05, 3.63) is 47.0 Å². The minimum atomic E-state index is 0.0427. The van der Waals surface area contributed by atoms with Gasteiger partial charge in [-0.3, -0.25) is 9.69 Å². The predicted molar refractivity (Wildman–Crippen MR) is 132 cm³/mol. The van der Waals surface area contributed by atoms with E-state index in [1.165, 1.54) is 16.9 Å². The van der Waals surface area contributed by atoms with Crippen molar-refractivity contribution in [3.63, 3.8) is 0 Å². The van der Waals surface area contributed by atoms with Crippen LogP contribution in [0.2, 0.25) is 0 Å². The largest absolute Gasteiger partial charge is 0.495 e. The molecule has 1 aromatic heterocycles. The fourth-order valence-electron chi connectivity index (χ4n) is 3.80. The number of benzene rings is 2. The van der Waals surface area contributed by atoms with E-state index in [-0.39, 0.29) is 5.91 Å². The van der Waals surface area contributed by atoms with Gasteiger partial charge < -0.3 is 14.4 Å². The highest BCUT2D eigenvalue weighted by Gasteiger charge is 2.23. The number of aryl methyl sites for hydroxylation is 2. The monoisotopic (exact) mass is 455 g/mol. The van der Waals surface area contributed by atoms with Crippen molar-refractivity contribution >= 4 is 32.6 Å². The molecule has 0 saturated heterocycles. The van der Waals surface area contributed by atoms with Crippen molar-refractivity contribution in [1.82, 2.24) is 9.88 Å². The van der Waals surface area contributed by atoms with Crippen LogP contribution in [0.15, 0.2) is 30.3 Å². The van der Waals surface area contributed by atoms with E-state index in [0.717, 1.165) is 46.7 Å². The Labute approximate surface area is 194 Å². The molecule has 3 aromatic rings. The third-order valence-electron chi connectivity index (χ3n) is 5.80. The number of hydrogen-bond acceptors (Lipinski definition) is 6. The molecule has 0 aliphatic heterocycles. The number of anilines is 1. The molecule has 0 atom stereocenters. The molecule has 0 fully saturated rings. The highest BCUT2D eigenvalue weighted by atomic mass is 32.1. The van der Waals surface area contributed by atoms with Crippen molar-refractivity contribution in [2.24, 2.45) is 0 Å². The molecule has 0 radical (unpaired) electrons. The van der Waals surface area contributed by atoms with Gasteiger partial charge in [0, 0.05) is 13.1 Å². The fraction of sp³-hybridized carbons (Fsp3) is 0.440. The Morgan fingerprint density at radius 1 is 1.00 bits per heavy atom. The Morgan fingerprint density at radius 3 is 2.31 bits per heavy atom. The minimum Gasteiger partial charge on any atom is -0.495 e. The Balaban J connectivity index is 1.99. The van der Waals surface area contributed by atoms with E-state index in [2.05, 4.69) is 50.8 Å². The zero-order valence-electron chi connectivity index (χ0n) is 19.9. The second-order valence-electron chi connectivity index (χ2n) is 7.82. The van der Waals surface area contributed by atoms with E-state index < -0.39 is 0 Å². The Morgan fingerprint density at radius 2 is 1.69 bits per heavy atom. The average Bonchev–Trinajstić information content (AvgIpc) is 3.23. The first kappa shape index (κ1) is 24.0. The lowest BCUT2D eigenvalue weighted by molar-refractivity contribution is -0.118. The number of likely N-dealkylation sites (N-methyl/N-ethyl adjacent to an activating group) is 1. The van der Waals surface area contributed by atoms with Crippen LogP contribution in [0, 0.1) is 13.8 Å². The van der Waals surface area contributed by atoms with Crippen LogP contribution in [0.25, 0.3) is 10.2 Å². The summed E-state index contributed by atoms with van der Waals surface area (Å²) in [6.45, 7) is 11.7. The third-order valence-corrected chi connectivity index (χ3v) is 6.90. The summed E-state index contributed by atoms with van der Waals surface area (Å²) in [4.78, 5) is 22.5. The van der Waals surface area contributed by atoms with Crippen LogP contribution in [-0.2, 0) is 11.2 Å². The number of ether oxygens (including phenoxy) is 2. The molecule has 0 spiro atoms. The molecule has 7 heteroatoms. The molecule has 1 amide bonds. The highest BCUT2D eigenvalue weighted by molar-refractivity contribution is 7.22. The second-order valence-corrected chi connectivity index (χ2v) is 8.80. The quantitative estimate of drug-likeness (QED) is 0.438. The van der Waals surface area contributed by atoms with Gasteiger partial charge >= 0.3 is 0 Å². The number of carbonyl (C=O) groups excluding carboxylic acids is 1. The lowest BCUT2D eigenvalue weighted by atomic mass is 10.0. The molecule has 0 bridgehead atoms. The van der Waals surface area contributed by atoms with Crippen LogP contribution in [0.5, 0.6) is 11.5 Å². The normalized spacial score (nSPS) is 11.2. The molecule has 0 unspecified atom stereocenters. The van der Waals surface area contributed by atoms with Gasteiger partial charge in [-0.25, -0.2) is 4.98 Å². The molecular weight excluding hydrogens is 422 g/mol. The number of hydrogen-bond donors (Lipinski definition) is 0. The molecule has 6 nitrogen and oxygen atoms in total. The topological polar surface area (TPSA) is 54.9 Å². The molecule has 0 aliphatic rings. The van der Waals surface area contributed by atoms with E-state index in [1.807, 2.05) is 17.0 Å². The Bertz CT molecular complexity index is 1030. The number of aromatic nitrogens is 1. The molecule has 172 valence electrons. The van der Waals surface area contributed by atoms with E-state index in [0.29, 0.717) is 23.8 Å². The first-order valence-corrected chi connectivity index (χ1v) is 11.8. The summed E-state index contributed by atoms with van der Waals surface area (Å²) in [6.07, 6.45) is 0.342. The van der Waals surface area contributed by atoms with Gasteiger partial charge in [0.2, 0.25) is 5.91 Å². The second kappa shape index (κ2) is 10.8. The van der Waals surface area contributed by atoms with Gasteiger partial charge in [0.15, 0.2) is 5.13 Å². The highest BCUT2D eigenvalue weighted by Crippen LogP contribution is 2.40. The van der Waals surface area contributed by atoms with Gasteiger partial charge in [-0.15, -0.1) is 0 Å². The summed E-state index contributed by atoms with van der Waals surface area (Å²) in [5, 5.41) is 0.671. The molecular formula is C25H33N3O3S. The summed E-state index contributed by atoms with van der Waals surface area (Å²) < 4.78 is 11.9. The van der Waals surface area contributed by atoms with Crippen molar-refractivity contribution in [2.45, 2.75) is 34.1 Å². The van der Waals surface area contributed by atoms with Crippen molar-refractivity contribution in [2.75, 3.05) is 45.3 Å². The van der Waals surface area contributed by atoms with Gasteiger partial charge in [0.1, 0.15) is 21.7 Å². The number of fused-ring (bicyclic) bond motifs is 1. The van der Waals surface area contributed by atoms with Crippen molar-refractivity contribution in [3.8, 4) is 11.5 Å². The van der Waals surface area contributed by atoms with Crippen LogP contribution in [0.1, 0.15) is 30.5 Å². The number of carbonyl (C=O) groups is 1. The molecule has 3 rings (SSSR count). The predicted octanol–water partition coefficient (Wildman–Crippen LogP) is 4.85. The van der Waals surface area contributed by atoms with Crippen molar-refractivity contribution in [1.29, 1.82) is 0 Å². The number of amides is 1. The average molecular weight is 456 g/mol. The number of methoxy groups -OCH3 is 2. The zero-order valence-corrected chi connectivity index (χ0v) is 20.7.